The molecular weight excluding hydrogens is 220 g/mol. The lowest BCUT2D eigenvalue weighted by Crippen LogP contribution is -2.34. The lowest BCUT2D eigenvalue weighted by atomic mass is 9.73. The molecule has 3 fully saturated rings. The minimum absolute atomic E-state index is 0.0195. The Balaban J connectivity index is 1.84. The first-order chi connectivity index (χ1) is 7.63. The highest BCUT2D eigenvalue weighted by atomic mass is 32.1. The molecular formula is C13H20O2S. The fourth-order valence-electron chi connectivity index (χ4n) is 4.95. The molecule has 3 heteroatoms. The van der Waals surface area contributed by atoms with Crippen LogP contribution in [0.25, 0.3) is 0 Å². The zero-order chi connectivity index (χ0) is 11.4. The average Bonchev–Trinajstić information content (AvgIpc) is 2.90. The van der Waals surface area contributed by atoms with Gasteiger partial charge < -0.3 is 4.74 Å². The molecule has 2 bridgehead atoms. The first kappa shape index (κ1) is 10.9. The van der Waals surface area contributed by atoms with E-state index in [0.29, 0.717) is 17.1 Å². The van der Waals surface area contributed by atoms with Crippen molar-refractivity contribution in [1.29, 1.82) is 0 Å². The molecule has 0 aliphatic heterocycles. The maximum atomic E-state index is 11.7. The minimum Gasteiger partial charge on any atom is -0.469 e. The quantitative estimate of drug-likeness (QED) is 0.562. The Morgan fingerprint density at radius 3 is 2.69 bits per heavy atom. The van der Waals surface area contributed by atoms with Crippen LogP contribution in [0.5, 0.6) is 0 Å². The van der Waals surface area contributed by atoms with Crippen LogP contribution in [-0.2, 0) is 9.53 Å². The second-order valence-electron chi connectivity index (χ2n) is 5.96. The van der Waals surface area contributed by atoms with Crippen molar-refractivity contribution < 1.29 is 9.53 Å². The lowest BCUT2D eigenvalue weighted by molar-refractivity contribution is -0.148. The number of rotatable bonds is 1. The van der Waals surface area contributed by atoms with Gasteiger partial charge in [0.15, 0.2) is 0 Å². The Hall–Kier alpha value is -0.180. The van der Waals surface area contributed by atoms with Crippen molar-refractivity contribution in [2.75, 3.05) is 7.11 Å². The Kier molecular flexibility index (Phi) is 2.50. The van der Waals surface area contributed by atoms with Gasteiger partial charge in [0.1, 0.15) is 0 Å². The molecule has 0 heterocycles. The molecule has 3 aliphatic carbocycles. The molecule has 0 N–H and O–H groups in total. The summed E-state index contributed by atoms with van der Waals surface area (Å²) < 4.78 is 4.93. The molecule has 3 rings (SSSR count). The van der Waals surface area contributed by atoms with E-state index in [1.54, 1.807) is 0 Å². The predicted octanol–water partition coefficient (Wildman–Crippen LogP) is 2.39. The van der Waals surface area contributed by atoms with Crippen molar-refractivity contribution >= 4 is 18.6 Å². The molecule has 0 spiro atoms. The Bertz CT molecular complexity index is 317. The molecule has 0 aromatic heterocycles. The highest BCUT2D eigenvalue weighted by molar-refractivity contribution is 7.81. The molecule has 6 unspecified atom stereocenters. The minimum atomic E-state index is 0.0195. The van der Waals surface area contributed by atoms with Gasteiger partial charge >= 0.3 is 5.97 Å². The zero-order valence-electron chi connectivity index (χ0n) is 9.93. The third kappa shape index (κ3) is 1.30. The fourth-order valence-corrected chi connectivity index (χ4v) is 5.71. The topological polar surface area (TPSA) is 26.3 Å². The second kappa shape index (κ2) is 3.66. The number of thiol groups is 1. The highest BCUT2D eigenvalue weighted by Crippen LogP contribution is 2.63. The number of carbonyl (C=O) groups is 1. The number of methoxy groups -OCH3 is 1. The van der Waals surface area contributed by atoms with Gasteiger partial charge in [-0.15, -0.1) is 0 Å². The van der Waals surface area contributed by atoms with E-state index in [4.69, 9.17) is 17.4 Å². The summed E-state index contributed by atoms with van der Waals surface area (Å²) in [5.74, 6) is 3.86. The van der Waals surface area contributed by atoms with Crippen molar-refractivity contribution in [2.24, 2.45) is 35.5 Å². The van der Waals surface area contributed by atoms with Gasteiger partial charge in [0, 0.05) is 5.25 Å². The van der Waals surface area contributed by atoms with E-state index in [2.05, 4.69) is 6.92 Å². The maximum absolute atomic E-state index is 11.7. The summed E-state index contributed by atoms with van der Waals surface area (Å²) in [4.78, 5) is 11.7. The average molecular weight is 240 g/mol. The van der Waals surface area contributed by atoms with E-state index in [1.807, 2.05) is 0 Å². The van der Waals surface area contributed by atoms with Crippen molar-refractivity contribution in [3.8, 4) is 0 Å². The number of hydrogen-bond donors (Lipinski definition) is 1. The summed E-state index contributed by atoms with van der Waals surface area (Å²) >= 11 is 4.75. The van der Waals surface area contributed by atoms with Gasteiger partial charge in [0.25, 0.3) is 0 Å². The fraction of sp³-hybridized carbons (Fsp3) is 0.923. The van der Waals surface area contributed by atoms with Gasteiger partial charge in [-0.2, -0.15) is 12.6 Å². The number of esters is 1. The molecule has 0 aromatic rings. The van der Waals surface area contributed by atoms with E-state index in [-0.39, 0.29) is 11.9 Å². The van der Waals surface area contributed by atoms with Crippen LogP contribution >= 0.6 is 12.6 Å². The summed E-state index contributed by atoms with van der Waals surface area (Å²) in [7, 11) is 1.52. The largest absolute Gasteiger partial charge is 0.469 e. The van der Waals surface area contributed by atoms with Gasteiger partial charge in [-0.05, 0) is 48.9 Å². The van der Waals surface area contributed by atoms with Crippen molar-refractivity contribution in [3.63, 3.8) is 0 Å². The van der Waals surface area contributed by atoms with Crippen LogP contribution in [0.4, 0.5) is 0 Å². The van der Waals surface area contributed by atoms with Gasteiger partial charge in [0.2, 0.25) is 0 Å². The van der Waals surface area contributed by atoms with Crippen LogP contribution in [0.2, 0.25) is 0 Å². The van der Waals surface area contributed by atoms with Crippen LogP contribution in [0.1, 0.15) is 26.2 Å². The van der Waals surface area contributed by atoms with Gasteiger partial charge in [0.05, 0.1) is 13.0 Å². The maximum Gasteiger partial charge on any atom is 0.308 e. The standard InChI is InChI=1S/C13H20O2S/c1-6-3-10(16)12-8-4-7(11(6)12)5-9(8)13(14)15-2/h6-12,16H,3-5H2,1-2H3/t6?,7-,8?,9?,10?,11?,12?/m0/s1. The Labute approximate surface area is 103 Å². The van der Waals surface area contributed by atoms with Crippen LogP contribution in [0.3, 0.4) is 0 Å². The van der Waals surface area contributed by atoms with Crippen molar-refractivity contribution in [3.05, 3.63) is 0 Å². The van der Waals surface area contributed by atoms with Crippen LogP contribution < -0.4 is 0 Å². The monoisotopic (exact) mass is 240 g/mol. The summed E-state index contributed by atoms with van der Waals surface area (Å²) in [5.41, 5.74) is 0. The first-order valence-corrected chi connectivity index (χ1v) is 6.91. The SMILES string of the molecule is COC(=O)C1C[C@@H]2CC1C1C(S)CC(C)C12. The molecule has 2 nitrogen and oxygen atoms in total. The van der Waals surface area contributed by atoms with Gasteiger partial charge in [-0.3, -0.25) is 4.79 Å². The van der Waals surface area contributed by atoms with Crippen molar-refractivity contribution in [2.45, 2.75) is 31.4 Å². The van der Waals surface area contributed by atoms with Crippen LogP contribution in [0, 0.1) is 35.5 Å². The Morgan fingerprint density at radius 2 is 2.00 bits per heavy atom. The van der Waals surface area contributed by atoms with Crippen molar-refractivity contribution in [1.82, 2.24) is 0 Å². The second-order valence-corrected chi connectivity index (χ2v) is 6.62. The smallest absolute Gasteiger partial charge is 0.308 e. The molecule has 7 atom stereocenters. The number of ether oxygens (including phenoxy) is 1. The summed E-state index contributed by atoms with van der Waals surface area (Å²) in [6.45, 7) is 2.36. The molecule has 90 valence electrons. The zero-order valence-corrected chi connectivity index (χ0v) is 10.8. The third-order valence-corrected chi connectivity index (χ3v) is 5.91. The van der Waals surface area contributed by atoms with Crippen LogP contribution in [-0.4, -0.2) is 18.3 Å². The predicted molar refractivity (Wildman–Crippen MR) is 65.3 cm³/mol. The van der Waals surface area contributed by atoms with Crippen LogP contribution in [0.15, 0.2) is 0 Å². The molecule has 0 aromatic carbocycles. The normalized spacial score (nSPS) is 54.1. The molecule has 0 saturated heterocycles. The summed E-state index contributed by atoms with van der Waals surface area (Å²) in [5, 5.41) is 0.516. The van der Waals surface area contributed by atoms with Gasteiger partial charge in [-0.1, -0.05) is 6.92 Å². The van der Waals surface area contributed by atoms with E-state index in [0.717, 1.165) is 24.2 Å². The molecule has 16 heavy (non-hydrogen) atoms. The lowest BCUT2D eigenvalue weighted by Gasteiger charge is -2.33. The van der Waals surface area contributed by atoms with E-state index >= 15 is 0 Å². The van der Waals surface area contributed by atoms with Gasteiger partial charge in [-0.25, -0.2) is 0 Å². The third-order valence-electron chi connectivity index (χ3n) is 5.35. The molecule has 0 amide bonds. The summed E-state index contributed by atoms with van der Waals surface area (Å²) in [6, 6.07) is 0. The first-order valence-electron chi connectivity index (χ1n) is 6.39. The van der Waals surface area contributed by atoms with E-state index < -0.39 is 0 Å². The molecule has 3 saturated carbocycles. The summed E-state index contributed by atoms with van der Waals surface area (Å²) in [6.07, 6.45) is 3.55. The van der Waals surface area contributed by atoms with E-state index in [9.17, 15) is 4.79 Å². The van der Waals surface area contributed by atoms with E-state index in [1.165, 1.54) is 20.0 Å². The highest BCUT2D eigenvalue weighted by Gasteiger charge is 2.60. The number of hydrogen-bond acceptors (Lipinski definition) is 3. The molecule has 3 aliphatic rings. The number of carbonyl (C=O) groups excluding carboxylic acids is 1. The molecule has 0 radical (unpaired) electrons. The Morgan fingerprint density at radius 1 is 1.25 bits per heavy atom. The number of fused-ring (bicyclic) bond motifs is 5.